The maximum absolute atomic E-state index is 13.5. The summed E-state index contributed by atoms with van der Waals surface area (Å²) in [6.45, 7) is 0. The van der Waals surface area contributed by atoms with Crippen LogP contribution in [0.4, 0.5) is 4.39 Å². The van der Waals surface area contributed by atoms with Gasteiger partial charge in [0.15, 0.2) is 0 Å². The molecule has 0 saturated heterocycles. The second-order valence-electron chi connectivity index (χ2n) is 5.71. The molecule has 0 N–H and O–H groups in total. The molecule has 0 saturated carbocycles. The predicted molar refractivity (Wildman–Crippen MR) is 98.3 cm³/mol. The highest BCUT2D eigenvalue weighted by Gasteiger charge is 2.10. The smallest absolute Gasteiger partial charge is 0.336 e. The van der Waals surface area contributed by atoms with Gasteiger partial charge in [-0.25, -0.2) is 9.18 Å². The lowest BCUT2D eigenvalue weighted by Gasteiger charge is -2.08. The zero-order valence-corrected chi connectivity index (χ0v) is 13.8. The number of hydrogen-bond donors (Lipinski definition) is 0. The summed E-state index contributed by atoms with van der Waals surface area (Å²) in [5.41, 5.74) is 3.28. The van der Waals surface area contributed by atoms with E-state index in [1.54, 1.807) is 24.3 Å². The molecule has 4 aromatic rings. The summed E-state index contributed by atoms with van der Waals surface area (Å²) in [5, 5.41) is 1.40. The SMILES string of the molecule is O=c1cc(-c2ccc(Cl)cc2)c2cc(-c3cccc(F)c3)ccc2o1. The van der Waals surface area contributed by atoms with Crippen molar-refractivity contribution < 1.29 is 8.81 Å². The molecule has 25 heavy (non-hydrogen) atoms. The summed E-state index contributed by atoms with van der Waals surface area (Å²) >= 11 is 5.95. The van der Waals surface area contributed by atoms with Gasteiger partial charge in [-0.3, -0.25) is 0 Å². The van der Waals surface area contributed by atoms with E-state index in [2.05, 4.69) is 0 Å². The quantitative estimate of drug-likeness (QED) is 0.420. The van der Waals surface area contributed by atoms with E-state index in [9.17, 15) is 9.18 Å². The van der Waals surface area contributed by atoms with Crippen LogP contribution < -0.4 is 5.63 Å². The Hall–Kier alpha value is -2.91. The second kappa shape index (κ2) is 6.19. The molecule has 0 amide bonds. The summed E-state index contributed by atoms with van der Waals surface area (Å²) in [6, 6.07) is 20.5. The largest absolute Gasteiger partial charge is 0.423 e. The van der Waals surface area contributed by atoms with Crippen LogP contribution in [0.25, 0.3) is 33.2 Å². The first kappa shape index (κ1) is 15.6. The average molecular weight is 351 g/mol. The van der Waals surface area contributed by atoms with Gasteiger partial charge in [-0.1, -0.05) is 41.9 Å². The highest BCUT2D eigenvalue weighted by molar-refractivity contribution is 6.30. The van der Waals surface area contributed by atoms with Gasteiger partial charge in [-0.2, -0.15) is 0 Å². The standard InChI is InChI=1S/C21H12ClFO2/c22-16-7-4-13(5-8-16)18-12-21(24)25-20-9-6-15(11-19(18)20)14-2-1-3-17(23)10-14/h1-12H. The summed E-state index contributed by atoms with van der Waals surface area (Å²) in [5.74, 6) is -0.296. The Kier molecular flexibility index (Phi) is 3.86. The van der Waals surface area contributed by atoms with Crippen LogP contribution in [-0.4, -0.2) is 0 Å². The van der Waals surface area contributed by atoms with Crippen molar-refractivity contribution in [1.82, 2.24) is 0 Å². The highest BCUT2D eigenvalue weighted by Crippen LogP contribution is 2.31. The van der Waals surface area contributed by atoms with E-state index < -0.39 is 5.63 Å². The Morgan fingerprint density at radius 2 is 1.52 bits per heavy atom. The first-order chi connectivity index (χ1) is 12.1. The molecule has 0 spiro atoms. The third-order valence-corrected chi connectivity index (χ3v) is 4.31. The lowest BCUT2D eigenvalue weighted by Crippen LogP contribution is -1.98. The van der Waals surface area contributed by atoms with Gasteiger partial charge < -0.3 is 4.42 Å². The van der Waals surface area contributed by atoms with Crippen molar-refractivity contribution in [2.24, 2.45) is 0 Å². The third kappa shape index (κ3) is 3.06. The predicted octanol–water partition coefficient (Wildman–Crippen LogP) is 5.92. The monoisotopic (exact) mass is 350 g/mol. The molecule has 0 aliphatic rings. The van der Waals surface area contributed by atoms with Crippen molar-refractivity contribution in [1.29, 1.82) is 0 Å². The third-order valence-electron chi connectivity index (χ3n) is 4.06. The van der Waals surface area contributed by atoms with Gasteiger partial charge in [0.25, 0.3) is 0 Å². The zero-order chi connectivity index (χ0) is 17.4. The normalized spacial score (nSPS) is 11.0. The molecule has 122 valence electrons. The lowest BCUT2D eigenvalue weighted by molar-refractivity contribution is 0.561. The van der Waals surface area contributed by atoms with Crippen molar-refractivity contribution >= 4 is 22.6 Å². The molecule has 0 aliphatic carbocycles. The molecule has 4 rings (SSSR count). The number of benzene rings is 3. The molecule has 0 fully saturated rings. The first-order valence-electron chi connectivity index (χ1n) is 7.70. The minimum Gasteiger partial charge on any atom is -0.423 e. The lowest BCUT2D eigenvalue weighted by atomic mass is 9.98. The molecule has 4 heteroatoms. The molecule has 0 radical (unpaired) electrons. The van der Waals surface area contributed by atoms with E-state index in [-0.39, 0.29) is 5.82 Å². The van der Waals surface area contributed by atoms with Crippen LogP contribution in [-0.2, 0) is 0 Å². The molecule has 1 aromatic heterocycles. The van der Waals surface area contributed by atoms with Crippen LogP contribution in [0.3, 0.4) is 0 Å². The number of hydrogen-bond acceptors (Lipinski definition) is 2. The van der Waals surface area contributed by atoms with Crippen LogP contribution in [0.5, 0.6) is 0 Å². The Balaban J connectivity index is 1.97. The molecule has 2 nitrogen and oxygen atoms in total. The molecule has 1 heterocycles. The van der Waals surface area contributed by atoms with E-state index in [1.165, 1.54) is 18.2 Å². The zero-order valence-electron chi connectivity index (χ0n) is 13.0. The van der Waals surface area contributed by atoms with E-state index >= 15 is 0 Å². The van der Waals surface area contributed by atoms with Crippen LogP contribution in [0.1, 0.15) is 0 Å². The minimum absolute atomic E-state index is 0.296. The molecular weight excluding hydrogens is 339 g/mol. The highest BCUT2D eigenvalue weighted by atomic mass is 35.5. The van der Waals surface area contributed by atoms with E-state index in [0.29, 0.717) is 10.6 Å². The molecule has 0 bridgehead atoms. The Morgan fingerprint density at radius 3 is 2.28 bits per heavy atom. The van der Waals surface area contributed by atoms with Crippen LogP contribution >= 0.6 is 11.6 Å². The molecule has 0 atom stereocenters. The Morgan fingerprint density at radius 1 is 0.800 bits per heavy atom. The van der Waals surface area contributed by atoms with Crippen LogP contribution in [0.15, 0.2) is 82.0 Å². The number of fused-ring (bicyclic) bond motifs is 1. The van der Waals surface area contributed by atoms with Gasteiger partial charge in [-0.15, -0.1) is 0 Å². The van der Waals surface area contributed by atoms with Crippen molar-refractivity contribution in [2.45, 2.75) is 0 Å². The van der Waals surface area contributed by atoms with E-state index in [0.717, 1.165) is 27.6 Å². The van der Waals surface area contributed by atoms with Crippen molar-refractivity contribution in [3.05, 3.63) is 94.1 Å². The Bertz CT molecular complexity index is 1130. The molecule has 3 aromatic carbocycles. The maximum atomic E-state index is 13.5. The fourth-order valence-corrected chi connectivity index (χ4v) is 3.00. The first-order valence-corrected chi connectivity index (χ1v) is 8.08. The van der Waals surface area contributed by atoms with Gasteiger partial charge in [0.05, 0.1) is 0 Å². The average Bonchev–Trinajstić information content (AvgIpc) is 2.61. The van der Waals surface area contributed by atoms with Gasteiger partial charge in [0, 0.05) is 16.5 Å². The van der Waals surface area contributed by atoms with Gasteiger partial charge >= 0.3 is 5.63 Å². The molecular formula is C21H12ClFO2. The second-order valence-corrected chi connectivity index (χ2v) is 6.14. The summed E-state index contributed by atoms with van der Waals surface area (Å²) in [6.07, 6.45) is 0. The molecule has 0 aliphatic heterocycles. The minimum atomic E-state index is -0.420. The summed E-state index contributed by atoms with van der Waals surface area (Å²) in [7, 11) is 0. The van der Waals surface area contributed by atoms with Crippen molar-refractivity contribution in [3.8, 4) is 22.3 Å². The summed E-state index contributed by atoms with van der Waals surface area (Å²) in [4.78, 5) is 11.9. The topological polar surface area (TPSA) is 30.2 Å². The van der Waals surface area contributed by atoms with E-state index in [1.807, 2.05) is 30.3 Å². The Labute approximate surface area is 148 Å². The molecule has 0 unspecified atom stereocenters. The number of halogens is 2. The van der Waals surface area contributed by atoms with Gasteiger partial charge in [0.1, 0.15) is 11.4 Å². The summed E-state index contributed by atoms with van der Waals surface area (Å²) < 4.78 is 18.8. The van der Waals surface area contributed by atoms with Gasteiger partial charge in [0.2, 0.25) is 0 Å². The van der Waals surface area contributed by atoms with Crippen molar-refractivity contribution in [3.63, 3.8) is 0 Å². The fourth-order valence-electron chi connectivity index (χ4n) is 2.88. The number of rotatable bonds is 2. The van der Waals surface area contributed by atoms with Crippen molar-refractivity contribution in [2.75, 3.05) is 0 Å². The van der Waals surface area contributed by atoms with Gasteiger partial charge in [-0.05, 0) is 58.7 Å². The van der Waals surface area contributed by atoms with E-state index in [4.69, 9.17) is 16.0 Å². The van der Waals surface area contributed by atoms with Crippen LogP contribution in [0.2, 0.25) is 5.02 Å². The van der Waals surface area contributed by atoms with Crippen LogP contribution in [0, 0.1) is 5.82 Å². The fraction of sp³-hybridized carbons (Fsp3) is 0. The maximum Gasteiger partial charge on any atom is 0.336 e.